The molecule has 0 aliphatic rings. The molecule has 32 radical (unpaired) electrons. The number of benzene rings is 5. The molecule has 0 saturated carbocycles. The van der Waals surface area contributed by atoms with E-state index >= 15 is 0 Å². The standard InChI is InChI=1S/C34H6B16N4/c1-5-7(3-51)29(53-31-9(13(35)17(39)21(43)25(31)47)10-14(36)18(40)22(44)26(48)32(10)53)6(2)30(8(5)4-52)54-33-11(15(37)19(41)23(45)27(33)49)12-16(38)20(42)24(46)28(50)34(12)54/h1-2H3. The number of nitrogens with zero attached hydrogens (tertiary/aromatic N) is 4. The second-order valence-electron chi connectivity index (χ2n) is 13.1. The Kier molecular flexibility index (Phi) is 8.89. The minimum absolute atomic E-state index is 0.00694. The molecular formula is C34H6B16N4. The largest absolute Gasteiger partial charge is 0.309 e. The monoisotopic (exact) mass is 646 g/mol. The fraction of sp³-hybridized carbons (Fsp3) is 0.0588. The lowest BCUT2D eigenvalue weighted by Gasteiger charge is -2.25. The smallest absolute Gasteiger partial charge is 0.115 e. The molecule has 2 aromatic heterocycles. The predicted molar refractivity (Wildman–Crippen MR) is 240 cm³/mol. The molecule has 0 unspecified atom stereocenters. The number of nitriles is 2. The first kappa shape index (κ1) is 38.0. The van der Waals surface area contributed by atoms with Crippen LogP contribution in [0.5, 0.6) is 0 Å². The van der Waals surface area contributed by atoms with Crippen LogP contribution < -0.4 is 87.4 Å². The van der Waals surface area contributed by atoms with Gasteiger partial charge in [0.1, 0.15) is 138 Å². The molecule has 0 atom stereocenters. The molecule has 2 heterocycles. The first-order valence-corrected chi connectivity index (χ1v) is 15.9. The van der Waals surface area contributed by atoms with E-state index in [-0.39, 0.29) is 165 Å². The molecule has 0 spiro atoms. The molecule has 210 valence electrons. The summed E-state index contributed by atoms with van der Waals surface area (Å²) in [5, 5.41) is 22.7. The Bertz CT molecular complexity index is 2700. The molecule has 0 amide bonds. The van der Waals surface area contributed by atoms with Crippen molar-refractivity contribution in [3.8, 4) is 23.5 Å². The quantitative estimate of drug-likeness (QED) is 0.176. The van der Waals surface area contributed by atoms with Crippen molar-refractivity contribution in [1.82, 2.24) is 9.13 Å². The highest BCUT2D eigenvalue weighted by molar-refractivity contribution is 6.73. The van der Waals surface area contributed by atoms with Crippen LogP contribution in [0.15, 0.2) is 0 Å². The Morgan fingerprint density at radius 2 is 0.519 bits per heavy atom. The van der Waals surface area contributed by atoms with Gasteiger partial charge in [-0.2, -0.15) is 10.5 Å². The molecule has 0 aliphatic heterocycles. The zero-order valence-corrected chi connectivity index (χ0v) is 29.0. The third-order valence-corrected chi connectivity index (χ3v) is 10.5. The molecule has 7 rings (SSSR count). The van der Waals surface area contributed by atoms with Gasteiger partial charge in [0.05, 0.1) is 22.5 Å². The number of aromatic nitrogens is 2. The van der Waals surface area contributed by atoms with Crippen molar-refractivity contribution in [2.75, 3.05) is 0 Å². The van der Waals surface area contributed by atoms with Gasteiger partial charge in [0.2, 0.25) is 0 Å². The van der Waals surface area contributed by atoms with Gasteiger partial charge in [-0.25, -0.2) is 0 Å². The summed E-state index contributed by atoms with van der Waals surface area (Å²) >= 11 is 0. The van der Waals surface area contributed by atoms with Crippen molar-refractivity contribution in [1.29, 1.82) is 10.5 Å². The van der Waals surface area contributed by atoms with Gasteiger partial charge in [0, 0.05) is 22.1 Å². The van der Waals surface area contributed by atoms with Crippen molar-refractivity contribution in [3.63, 3.8) is 0 Å². The zero-order chi connectivity index (χ0) is 39.9. The first-order valence-electron chi connectivity index (χ1n) is 15.9. The van der Waals surface area contributed by atoms with Gasteiger partial charge >= 0.3 is 0 Å². The third kappa shape index (κ3) is 4.52. The fourth-order valence-electron chi connectivity index (χ4n) is 7.67. The Labute approximate surface area is 334 Å². The number of rotatable bonds is 2. The lowest BCUT2D eigenvalue weighted by atomic mass is 9.63. The average Bonchev–Trinajstić information content (AvgIpc) is 3.69. The lowest BCUT2D eigenvalue weighted by Crippen LogP contribution is -2.49. The predicted octanol–water partition coefficient (Wildman–Crippen LogP) is -11.1. The Balaban J connectivity index is 1.88. The summed E-state index contributed by atoms with van der Waals surface area (Å²) < 4.78 is 3.09. The number of hydrogen-bond donors (Lipinski definition) is 0. The molecule has 0 aliphatic carbocycles. The van der Waals surface area contributed by atoms with Crippen LogP contribution in [-0.4, -0.2) is 135 Å². The second kappa shape index (κ2) is 12.6. The van der Waals surface area contributed by atoms with Crippen LogP contribution in [0.1, 0.15) is 22.3 Å². The van der Waals surface area contributed by atoms with E-state index < -0.39 is 0 Å². The van der Waals surface area contributed by atoms with Crippen LogP contribution in [0.2, 0.25) is 0 Å². The van der Waals surface area contributed by atoms with E-state index in [0.717, 1.165) is 0 Å². The SMILES string of the molecule is [B]c1c([B])c([B])c2c(c1[B])c1c([B])c([B])c([B])c([B])c1n2-c1c(C)c(-n2c3c([B])c([B])c([B])c([B])c3c3c([B])c([B])c([B])c([B])c32)c(C#N)c(C)c1C#N. The summed E-state index contributed by atoms with van der Waals surface area (Å²) in [6, 6.07) is 4.48. The Morgan fingerprint density at radius 3 is 0.722 bits per heavy atom. The molecule has 54 heavy (non-hydrogen) atoms. The normalized spacial score (nSPS) is 11.6. The van der Waals surface area contributed by atoms with E-state index in [1.807, 2.05) is 0 Å². The lowest BCUT2D eigenvalue weighted by molar-refractivity contribution is 1.07. The van der Waals surface area contributed by atoms with Gasteiger partial charge < -0.3 is 9.13 Å². The van der Waals surface area contributed by atoms with E-state index in [1.54, 1.807) is 23.0 Å². The van der Waals surface area contributed by atoms with E-state index in [1.165, 1.54) is 0 Å². The van der Waals surface area contributed by atoms with Gasteiger partial charge in [-0.05, 0) is 46.5 Å². The molecule has 7 aromatic rings. The van der Waals surface area contributed by atoms with Crippen molar-refractivity contribution in [2.24, 2.45) is 0 Å². The Morgan fingerprint density at radius 1 is 0.315 bits per heavy atom. The molecule has 5 aromatic carbocycles. The first-order chi connectivity index (χ1) is 25.3. The van der Waals surface area contributed by atoms with Gasteiger partial charge in [-0.3, -0.25) is 0 Å². The summed E-state index contributed by atoms with van der Waals surface area (Å²) in [5.74, 6) is 0. The Hall–Kier alpha value is -4.28. The van der Waals surface area contributed by atoms with Crippen LogP contribution in [-0.2, 0) is 0 Å². The molecule has 0 bridgehead atoms. The van der Waals surface area contributed by atoms with Gasteiger partial charge in [0.25, 0.3) is 0 Å². The molecule has 20 heteroatoms. The maximum absolute atomic E-state index is 10.9. The summed E-state index contributed by atoms with van der Waals surface area (Å²) in [5.41, 5.74) is 1.00. The minimum atomic E-state index is -0.0566. The molecule has 4 nitrogen and oxygen atoms in total. The van der Waals surface area contributed by atoms with Crippen molar-refractivity contribution in [2.45, 2.75) is 13.8 Å². The molecule has 0 N–H and O–H groups in total. The summed E-state index contributed by atoms with van der Waals surface area (Å²) in [4.78, 5) is 0. The van der Waals surface area contributed by atoms with Crippen molar-refractivity contribution in [3.05, 3.63) is 22.3 Å². The number of hydrogen-bond acceptors (Lipinski definition) is 2. The zero-order valence-electron chi connectivity index (χ0n) is 29.0. The van der Waals surface area contributed by atoms with Crippen LogP contribution in [0.3, 0.4) is 0 Å². The maximum Gasteiger partial charge on any atom is 0.115 e. The maximum atomic E-state index is 10.9. The number of fused-ring (bicyclic) bond motifs is 6. The minimum Gasteiger partial charge on any atom is -0.309 e. The van der Waals surface area contributed by atoms with Crippen LogP contribution in [0.4, 0.5) is 0 Å². The summed E-state index contributed by atoms with van der Waals surface area (Å²) in [6.45, 7) is 3.22. The molecular weight excluding hydrogens is 637 g/mol. The highest BCUT2D eigenvalue weighted by atomic mass is 15.0. The second-order valence-corrected chi connectivity index (χ2v) is 13.1. The summed E-state index contributed by atoms with van der Waals surface area (Å²) in [6.07, 6.45) is 0. The van der Waals surface area contributed by atoms with E-state index in [9.17, 15) is 10.5 Å². The summed E-state index contributed by atoms with van der Waals surface area (Å²) in [7, 11) is 105. The van der Waals surface area contributed by atoms with Gasteiger partial charge in [-0.15, -0.1) is 43.7 Å². The third-order valence-electron chi connectivity index (χ3n) is 10.5. The van der Waals surface area contributed by atoms with Crippen LogP contribution >= 0.6 is 0 Å². The van der Waals surface area contributed by atoms with Crippen LogP contribution in [0.25, 0.3) is 55.0 Å². The van der Waals surface area contributed by atoms with Crippen molar-refractivity contribution < 1.29 is 0 Å². The van der Waals surface area contributed by atoms with Crippen molar-refractivity contribution >= 4 is 257 Å². The van der Waals surface area contributed by atoms with E-state index in [0.29, 0.717) is 0 Å². The topological polar surface area (TPSA) is 57.4 Å². The van der Waals surface area contributed by atoms with Crippen LogP contribution in [0, 0.1) is 36.5 Å². The van der Waals surface area contributed by atoms with E-state index in [4.69, 9.17) is 126 Å². The fourth-order valence-corrected chi connectivity index (χ4v) is 7.67. The van der Waals surface area contributed by atoms with Gasteiger partial charge in [0.15, 0.2) is 0 Å². The highest BCUT2D eigenvalue weighted by Gasteiger charge is 2.31. The van der Waals surface area contributed by atoms with E-state index in [2.05, 4.69) is 12.1 Å². The molecule has 0 saturated heterocycles. The van der Waals surface area contributed by atoms with Gasteiger partial charge in [-0.1, -0.05) is 43.7 Å². The highest BCUT2D eigenvalue weighted by Crippen LogP contribution is 2.39. The average molecular weight is 643 g/mol. The molecule has 0 fully saturated rings.